The zero-order valence-corrected chi connectivity index (χ0v) is 21.7. The van der Waals surface area contributed by atoms with Crippen molar-refractivity contribution in [3.05, 3.63) is 95.8 Å². The van der Waals surface area contributed by atoms with Gasteiger partial charge in [-0.3, -0.25) is 13.9 Å². The van der Waals surface area contributed by atoms with Crippen LogP contribution < -0.4 is 14.4 Å². The molecule has 37 heavy (non-hydrogen) atoms. The van der Waals surface area contributed by atoms with Crippen LogP contribution in [0.5, 0.6) is 5.75 Å². The van der Waals surface area contributed by atoms with Crippen molar-refractivity contribution >= 4 is 27.5 Å². The fourth-order valence-electron chi connectivity index (χ4n) is 3.93. The monoisotopic (exact) mass is 527 g/mol. The lowest BCUT2D eigenvalue weighted by Gasteiger charge is -2.33. The molecule has 0 bridgehead atoms. The van der Waals surface area contributed by atoms with E-state index in [2.05, 4.69) is 5.32 Å². The number of rotatable bonds is 11. The Hall–Kier alpha value is -3.92. The van der Waals surface area contributed by atoms with E-state index in [1.54, 1.807) is 24.3 Å². The first kappa shape index (κ1) is 27.7. The van der Waals surface area contributed by atoms with E-state index in [0.29, 0.717) is 11.3 Å². The Morgan fingerprint density at radius 1 is 0.973 bits per heavy atom. The average molecular weight is 528 g/mol. The molecule has 1 N–H and O–H groups in total. The molecule has 0 aliphatic rings. The highest BCUT2D eigenvalue weighted by atomic mass is 32.2. The van der Waals surface area contributed by atoms with E-state index in [9.17, 15) is 22.4 Å². The third-order valence-electron chi connectivity index (χ3n) is 5.78. The first-order valence-electron chi connectivity index (χ1n) is 11.5. The molecule has 0 heterocycles. The highest BCUT2D eigenvalue weighted by Crippen LogP contribution is 2.22. The molecule has 3 rings (SSSR count). The van der Waals surface area contributed by atoms with Crippen LogP contribution in [0, 0.1) is 5.82 Å². The lowest BCUT2D eigenvalue weighted by molar-refractivity contribution is -0.139. The molecule has 0 saturated heterocycles. The third kappa shape index (κ3) is 7.53. The molecule has 0 spiro atoms. The zero-order chi connectivity index (χ0) is 27.0. The second-order valence-corrected chi connectivity index (χ2v) is 10.3. The van der Waals surface area contributed by atoms with Crippen molar-refractivity contribution in [2.45, 2.75) is 19.0 Å². The molecule has 0 aliphatic carbocycles. The van der Waals surface area contributed by atoms with Gasteiger partial charge in [0.25, 0.3) is 0 Å². The van der Waals surface area contributed by atoms with E-state index in [1.165, 1.54) is 37.3 Å². The molecule has 3 aromatic carbocycles. The largest absolute Gasteiger partial charge is 0.497 e. The lowest BCUT2D eigenvalue weighted by atomic mass is 10.0. The van der Waals surface area contributed by atoms with Crippen molar-refractivity contribution in [3.8, 4) is 5.75 Å². The summed E-state index contributed by atoms with van der Waals surface area (Å²) < 4.78 is 45.3. The van der Waals surface area contributed by atoms with Gasteiger partial charge in [0.2, 0.25) is 21.8 Å². The minimum atomic E-state index is -3.96. The van der Waals surface area contributed by atoms with E-state index < -0.39 is 40.2 Å². The van der Waals surface area contributed by atoms with Gasteiger partial charge in [0, 0.05) is 20.0 Å². The van der Waals surface area contributed by atoms with Gasteiger partial charge in [-0.25, -0.2) is 12.8 Å². The maximum absolute atomic E-state index is 13.9. The van der Waals surface area contributed by atoms with Crippen LogP contribution >= 0.6 is 0 Å². The fraction of sp³-hybridized carbons (Fsp3) is 0.259. The number of ether oxygens (including phenoxy) is 1. The second kappa shape index (κ2) is 12.4. The van der Waals surface area contributed by atoms with Crippen LogP contribution in [-0.4, -0.2) is 58.1 Å². The summed E-state index contributed by atoms with van der Waals surface area (Å²) in [7, 11) is -0.961. The van der Waals surface area contributed by atoms with Crippen molar-refractivity contribution in [1.29, 1.82) is 0 Å². The topological polar surface area (TPSA) is 96.0 Å². The van der Waals surface area contributed by atoms with Crippen molar-refractivity contribution in [3.63, 3.8) is 0 Å². The summed E-state index contributed by atoms with van der Waals surface area (Å²) in [4.78, 5) is 28.2. The Morgan fingerprint density at radius 3 is 2.27 bits per heavy atom. The summed E-state index contributed by atoms with van der Waals surface area (Å²) >= 11 is 0. The van der Waals surface area contributed by atoms with Crippen LogP contribution in [-0.2, 0) is 32.6 Å². The number of nitrogens with zero attached hydrogens (tertiary/aromatic N) is 2. The number of nitrogens with one attached hydrogen (secondary N) is 1. The molecule has 196 valence electrons. The number of methoxy groups -OCH3 is 1. The predicted molar refractivity (Wildman–Crippen MR) is 140 cm³/mol. The summed E-state index contributed by atoms with van der Waals surface area (Å²) in [5, 5.41) is 2.61. The summed E-state index contributed by atoms with van der Waals surface area (Å²) in [6.07, 6.45) is 1.15. The fourth-order valence-corrected chi connectivity index (χ4v) is 4.77. The maximum Gasteiger partial charge on any atom is 0.244 e. The molecule has 0 aromatic heterocycles. The van der Waals surface area contributed by atoms with Gasteiger partial charge in [-0.15, -0.1) is 0 Å². The Bertz CT molecular complexity index is 1330. The molecule has 0 saturated carbocycles. The molecule has 0 fully saturated rings. The van der Waals surface area contributed by atoms with E-state index in [1.807, 2.05) is 30.3 Å². The van der Waals surface area contributed by atoms with Gasteiger partial charge in [0.05, 0.1) is 19.1 Å². The molecule has 0 radical (unpaired) electrons. The van der Waals surface area contributed by atoms with Gasteiger partial charge in [-0.1, -0.05) is 48.5 Å². The number of sulfonamides is 1. The Labute approximate surface area is 216 Å². The van der Waals surface area contributed by atoms with E-state index in [4.69, 9.17) is 4.74 Å². The van der Waals surface area contributed by atoms with Gasteiger partial charge in [0.15, 0.2) is 0 Å². The van der Waals surface area contributed by atoms with Crippen LogP contribution in [0.2, 0.25) is 0 Å². The number of amides is 2. The van der Waals surface area contributed by atoms with Crippen molar-refractivity contribution in [2.24, 2.45) is 0 Å². The van der Waals surface area contributed by atoms with Crippen LogP contribution in [0.3, 0.4) is 0 Å². The van der Waals surface area contributed by atoms with E-state index in [-0.39, 0.29) is 18.7 Å². The Kier molecular flexibility index (Phi) is 9.24. The normalized spacial score (nSPS) is 11.9. The zero-order valence-electron chi connectivity index (χ0n) is 20.9. The molecule has 0 aliphatic heterocycles. The molecule has 3 aromatic rings. The van der Waals surface area contributed by atoms with Crippen molar-refractivity contribution < 1.29 is 27.1 Å². The smallest absolute Gasteiger partial charge is 0.244 e. The molecule has 8 nitrogen and oxygen atoms in total. The molecular weight excluding hydrogens is 497 g/mol. The van der Waals surface area contributed by atoms with E-state index in [0.717, 1.165) is 22.2 Å². The van der Waals surface area contributed by atoms with Crippen LogP contribution in [0.25, 0.3) is 0 Å². The minimum absolute atomic E-state index is 0.0109. The van der Waals surface area contributed by atoms with Crippen molar-refractivity contribution in [2.75, 3.05) is 31.3 Å². The highest BCUT2D eigenvalue weighted by Gasteiger charge is 2.32. The van der Waals surface area contributed by atoms with Gasteiger partial charge >= 0.3 is 0 Å². The first-order chi connectivity index (χ1) is 17.6. The summed E-state index contributed by atoms with van der Waals surface area (Å²) in [6.45, 7) is -0.601. The molecule has 1 unspecified atom stereocenters. The lowest BCUT2D eigenvalue weighted by Crippen LogP contribution is -2.52. The van der Waals surface area contributed by atoms with Crippen molar-refractivity contribution in [1.82, 2.24) is 10.2 Å². The number of anilines is 1. The Morgan fingerprint density at radius 2 is 1.65 bits per heavy atom. The molecule has 1 atom stereocenters. The number of carbonyl (C=O) groups excluding carboxylic acids is 2. The van der Waals surface area contributed by atoms with Gasteiger partial charge < -0.3 is 15.0 Å². The van der Waals surface area contributed by atoms with Gasteiger partial charge in [0.1, 0.15) is 24.2 Å². The minimum Gasteiger partial charge on any atom is -0.497 e. The summed E-state index contributed by atoms with van der Waals surface area (Å²) in [5.41, 5.74) is 1.52. The van der Waals surface area contributed by atoms with Crippen LogP contribution in [0.15, 0.2) is 78.9 Å². The first-order valence-corrected chi connectivity index (χ1v) is 13.4. The predicted octanol–water partition coefficient (Wildman–Crippen LogP) is 2.99. The molecule has 10 heteroatoms. The molecular formula is C27H30FN3O5S. The number of benzene rings is 3. The third-order valence-corrected chi connectivity index (χ3v) is 6.92. The van der Waals surface area contributed by atoms with Crippen LogP contribution in [0.4, 0.5) is 10.1 Å². The number of carbonyl (C=O) groups is 2. The average Bonchev–Trinajstić information content (AvgIpc) is 2.88. The number of hydrogen-bond donors (Lipinski definition) is 1. The second-order valence-electron chi connectivity index (χ2n) is 8.44. The number of hydrogen-bond acceptors (Lipinski definition) is 5. The summed E-state index contributed by atoms with van der Waals surface area (Å²) in [5.74, 6) is -1.10. The SMILES string of the molecule is CNC(=O)C(Cc1ccccc1)N(Cc1cccc(OC)c1)C(=O)CN(c1cccc(F)c1)S(C)(=O)=O. The number of halogens is 1. The number of likely N-dealkylation sites (N-methyl/N-ethyl adjacent to an activating group) is 1. The maximum atomic E-state index is 13.9. The van der Waals surface area contributed by atoms with Crippen LogP contribution in [0.1, 0.15) is 11.1 Å². The Balaban J connectivity index is 2.03. The standard InChI is InChI=1S/C27H30FN3O5S/c1-29-27(33)25(16-20-9-5-4-6-10-20)30(18-21-11-7-14-24(15-21)36-2)26(32)19-31(37(3,34)35)23-13-8-12-22(28)17-23/h4-15,17,25H,16,18-19H2,1-3H3,(H,29,33). The highest BCUT2D eigenvalue weighted by molar-refractivity contribution is 7.92. The summed E-state index contributed by atoms with van der Waals surface area (Å²) in [6, 6.07) is 20.3. The quantitative estimate of drug-likeness (QED) is 0.414. The van der Waals surface area contributed by atoms with Gasteiger partial charge in [-0.2, -0.15) is 0 Å². The van der Waals surface area contributed by atoms with E-state index >= 15 is 0 Å². The molecule has 2 amide bonds. The van der Waals surface area contributed by atoms with Gasteiger partial charge in [-0.05, 0) is 41.5 Å².